The van der Waals surface area contributed by atoms with Crippen molar-refractivity contribution in [3.05, 3.63) is 89.0 Å². The Balaban J connectivity index is 1.76. The third-order valence-corrected chi connectivity index (χ3v) is 5.47. The van der Waals surface area contributed by atoms with Crippen LogP contribution in [0.3, 0.4) is 0 Å². The van der Waals surface area contributed by atoms with Gasteiger partial charge in [-0.25, -0.2) is 9.78 Å². The third-order valence-electron chi connectivity index (χ3n) is 5.47. The molecule has 0 aliphatic heterocycles. The highest BCUT2D eigenvalue weighted by molar-refractivity contribution is 6.16. The van der Waals surface area contributed by atoms with Gasteiger partial charge in [0.2, 0.25) is 0 Å². The standard InChI is InChI=1S/C25H22N2O3/c1-15-8-7-9-16(2)19(15)14-22(25(29)30)27-24(28)23-17-10-3-5-12-20(17)26-21-13-6-4-11-18(21)23/h3-13,22H,14H2,1-2H3,(H,27,28)(H,29,30)/t22-/m1/s1. The first-order chi connectivity index (χ1) is 14.5. The van der Waals surface area contributed by atoms with Crippen molar-refractivity contribution in [3.8, 4) is 0 Å². The van der Waals surface area contributed by atoms with Gasteiger partial charge in [0.1, 0.15) is 6.04 Å². The van der Waals surface area contributed by atoms with E-state index in [2.05, 4.69) is 10.3 Å². The van der Waals surface area contributed by atoms with Gasteiger partial charge in [-0.3, -0.25) is 4.79 Å². The van der Waals surface area contributed by atoms with E-state index in [9.17, 15) is 14.7 Å². The largest absolute Gasteiger partial charge is 0.480 e. The van der Waals surface area contributed by atoms with E-state index in [1.165, 1.54) is 0 Å². The average molecular weight is 398 g/mol. The molecule has 0 bridgehead atoms. The Kier molecular flexibility index (Phi) is 5.19. The number of aliphatic carboxylic acids is 1. The number of rotatable bonds is 5. The molecule has 0 unspecified atom stereocenters. The summed E-state index contributed by atoms with van der Waals surface area (Å²) < 4.78 is 0. The molecule has 4 aromatic rings. The number of aromatic nitrogens is 1. The van der Waals surface area contributed by atoms with Crippen LogP contribution < -0.4 is 5.32 Å². The molecule has 2 N–H and O–H groups in total. The van der Waals surface area contributed by atoms with Gasteiger partial charge in [-0.1, -0.05) is 54.6 Å². The maximum Gasteiger partial charge on any atom is 0.326 e. The fourth-order valence-electron chi connectivity index (χ4n) is 3.89. The van der Waals surface area contributed by atoms with Gasteiger partial charge in [0.05, 0.1) is 16.6 Å². The van der Waals surface area contributed by atoms with Crippen molar-refractivity contribution >= 4 is 33.7 Å². The maximum atomic E-state index is 13.3. The molecule has 3 aromatic carbocycles. The molecule has 0 saturated carbocycles. The number of carbonyl (C=O) groups is 2. The summed E-state index contributed by atoms with van der Waals surface area (Å²) in [6.45, 7) is 3.90. The van der Waals surface area contributed by atoms with Crippen molar-refractivity contribution in [3.63, 3.8) is 0 Å². The zero-order valence-electron chi connectivity index (χ0n) is 16.8. The molecule has 1 heterocycles. The number of amides is 1. The fraction of sp³-hybridized carbons (Fsp3) is 0.160. The Morgan fingerprint density at radius 2 is 1.40 bits per heavy atom. The minimum absolute atomic E-state index is 0.223. The minimum Gasteiger partial charge on any atom is -0.480 e. The summed E-state index contributed by atoms with van der Waals surface area (Å²) in [6.07, 6.45) is 0.223. The fourth-order valence-corrected chi connectivity index (χ4v) is 3.89. The quantitative estimate of drug-likeness (QED) is 0.488. The lowest BCUT2D eigenvalue weighted by molar-refractivity contribution is -0.139. The summed E-state index contributed by atoms with van der Waals surface area (Å²) in [5.74, 6) is -1.47. The van der Waals surface area contributed by atoms with Crippen LogP contribution in [0.25, 0.3) is 21.8 Å². The van der Waals surface area contributed by atoms with Gasteiger partial charge in [-0.2, -0.15) is 0 Å². The van der Waals surface area contributed by atoms with Crippen LogP contribution >= 0.6 is 0 Å². The van der Waals surface area contributed by atoms with E-state index < -0.39 is 17.9 Å². The van der Waals surface area contributed by atoms with E-state index >= 15 is 0 Å². The second-order valence-electron chi connectivity index (χ2n) is 7.46. The molecular weight excluding hydrogens is 376 g/mol. The maximum absolute atomic E-state index is 13.3. The van der Waals surface area contributed by atoms with Crippen molar-refractivity contribution in [1.82, 2.24) is 10.3 Å². The van der Waals surface area contributed by atoms with E-state index in [1.54, 1.807) is 0 Å². The van der Waals surface area contributed by atoms with Crippen LogP contribution in [0.5, 0.6) is 0 Å². The average Bonchev–Trinajstić information content (AvgIpc) is 2.73. The Bertz CT molecular complexity index is 1210. The molecule has 0 spiro atoms. The second-order valence-corrected chi connectivity index (χ2v) is 7.46. The molecule has 4 rings (SSSR count). The van der Waals surface area contributed by atoms with Crippen molar-refractivity contribution < 1.29 is 14.7 Å². The molecule has 30 heavy (non-hydrogen) atoms. The number of aryl methyl sites for hydroxylation is 2. The second kappa shape index (κ2) is 7.95. The summed E-state index contributed by atoms with van der Waals surface area (Å²) in [6, 6.07) is 19.6. The highest BCUT2D eigenvalue weighted by Gasteiger charge is 2.25. The lowest BCUT2D eigenvalue weighted by Gasteiger charge is -2.19. The molecule has 0 fully saturated rings. The zero-order valence-corrected chi connectivity index (χ0v) is 16.8. The van der Waals surface area contributed by atoms with Crippen molar-refractivity contribution in [2.45, 2.75) is 26.3 Å². The lowest BCUT2D eigenvalue weighted by Crippen LogP contribution is -2.42. The first-order valence-corrected chi connectivity index (χ1v) is 9.82. The third kappa shape index (κ3) is 3.62. The van der Waals surface area contributed by atoms with Gasteiger partial charge in [0, 0.05) is 17.2 Å². The molecule has 150 valence electrons. The summed E-state index contributed by atoms with van der Waals surface area (Å²) in [4.78, 5) is 30.0. The monoisotopic (exact) mass is 398 g/mol. The highest BCUT2D eigenvalue weighted by atomic mass is 16.4. The van der Waals surface area contributed by atoms with E-state index in [-0.39, 0.29) is 6.42 Å². The van der Waals surface area contributed by atoms with Crippen LogP contribution in [0.15, 0.2) is 66.7 Å². The number of para-hydroxylation sites is 2. The van der Waals surface area contributed by atoms with Crippen molar-refractivity contribution in [2.24, 2.45) is 0 Å². The van der Waals surface area contributed by atoms with Crippen molar-refractivity contribution in [2.75, 3.05) is 0 Å². The molecule has 0 aliphatic rings. The Morgan fingerprint density at radius 3 is 1.93 bits per heavy atom. The zero-order chi connectivity index (χ0) is 21.3. The Morgan fingerprint density at radius 1 is 0.867 bits per heavy atom. The molecule has 1 amide bonds. The van der Waals surface area contributed by atoms with Gasteiger partial charge >= 0.3 is 5.97 Å². The number of fused-ring (bicyclic) bond motifs is 2. The number of carboxylic acids is 1. The molecule has 0 aliphatic carbocycles. The molecule has 0 radical (unpaired) electrons. The number of carbonyl (C=O) groups excluding carboxylic acids is 1. The van der Waals surface area contributed by atoms with Gasteiger partial charge in [0.25, 0.3) is 5.91 Å². The van der Waals surface area contributed by atoms with E-state index in [1.807, 2.05) is 80.6 Å². The van der Waals surface area contributed by atoms with E-state index in [0.29, 0.717) is 27.4 Å². The number of pyridine rings is 1. The first kappa shape index (κ1) is 19.6. The van der Waals surface area contributed by atoms with Gasteiger partial charge < -0.3 is 10.4 Å². The SMILES string of the molecule is Cc1cccc(C)c1C[C@@H](NC(=O)c1c2ccccc2nc2ccccc12)C(=O)O. The number of carboxylic acid groups (broad SMARTS) is 1. The molecule has 0 saturated heterocycles. The smallest absolute Gasteiger partial charge is 0.326 e. The van der Waals surface area contributed by atoms with Crippen LogP contribution in [0.4, 0.5) is 0 Å². The minimum atomic E-state index is -1.06. The lowest BCUT2D eigenvalue weighted by atomic mass is 9.96. The van der Waals surface area contributed by atoms with Crippen LogP contribution in [0, 0.1) is 13.8 Å². The first-order valence-electron chi connectivity index (χ1n) is 9.82. The number of benzene rings is 3. The van der Waals surface area contributed by atoms with Crippen LogP contribution in [0.1, 0.15) is 27.0 Å². The number of nitrogens with zero attached hydrogens (tertiary/aromatic N) is 1. The van der Waals surface area contributed by atoms with E-state index in [4.69, 9.17) is 0 Å². The predicted octanol–water partition coefficient (Wildman–Crippen LogP) is 4.43. The summed E-state index contributed by atoms with van der Waals surface area (Å²) >= 11 is 0. The van der Waals surface area contributed by atoms with Crippen LogP contribution in [-0.2, 0) is 11.2 Å². The number of hydrogen-bond acceptors (Lipinski definition) is 3. The van der Waals surface area contributed by atoms with Crippen molar-refractivity contribution in [1.29, 1.82) is 0 Å². The highest BCUT2D eigenvalue weighted by Crippen LogP contribution is 2.26. The van der Waals surface area contributed by atoms with Crippen LogP contribution in [0.2, 0.25) is 0 Å². The Hall–Kier alpha value is -3.73. The normalized spacial score (nSPS) is 12.1. The molecule has 1 aromatic heterocycles. The molecule has 5 heteroatoms. The number of hydrogen-bond donors (Lipinski definition) is 2. The molecule has 1 atom stereocenters. The Labute approximate surface area is 174 Å². The summed E-state index contributed by atoms with van der Waals surface area (Å²) in [5.41, 5.74) is 4.80. The molecular formula is C25H22N2O3. The predicted molar refractivity (Wildman–Crippen MR) is 118 cm³/mol. The van der Waals surface area contributed by atoms with Gasteiger partial charge in [-0.15, -0.1) is 0 Å². The topological polar surface area (TPSA) is 79.3 Å². The van der Waals surface area contributed by atoms with Gasteiger partial charge in [-0.05, 0) is 42.7 Å². The number of nitrogens with one attached hydrogen (secondary N) is 1. The summed E-state index contributed by atoms with van der Waals surface area (Å²) in [7, 11) is 0. The molecule has 5 nitrogen and oxygen atoms in total. The van der Waals surface area contributed by atoms with E-state index in [0.717, 1.165) is 16.7 Å². The van der Waals surface area contributed by atoms with Gasteiger partial charge in [0.15, 0.2) is 0 Å². The van der Waals surface area contributed by atoms with Crippen LogP contribution in [-0.4, -0.2) is 28.0 Å². The summed E-state index contributed by atoms with van der Waals surface area (Å²) in [5, 5.41) is 14.0.